The van der Waals surface area contributed by atoms with E-state index in [0.29, 0.717) is 35.0 Å². The molecule has 5 nitrogen and oxygen atoms in total. The normalized spacial score (nSPS) is 11.3. The highest BCUT2D eigenvalue weighted by Gasteiger charge is 2.10. The largest absolute Gasteiger partial charge is 0.490 e. The predicted molar refractivity (Wildman–Crippen MR) is 120 cm³/mol. The number of aliphatic hydroxyl groups excluding tert-OH is 1. The quantitative estimate of drug-likeness (QED) is 0.219. The van der Waals surface area contributed by atoms with Gasteiger partial charge in [-0.05, 0) is 72.2 Å². The fourth-order valence-electron chi connectivity index (χ4n) is 2.68. The molecule has 0 aliphatic rings. The van der Waals surface area contributed by atoms with Crippen molar-refractivity contribution in [2.75, 3.05) is 6.61 Å². The summed E-state index contributed by atoms with van der Waals surface area (Å²) in [5.74, 6) is 1.21. The summed E-state index contributed by atoms with van der Waals surface area (Å²) in [5.41, 5.74) is 2.88. The molecule has 0 amide bonds. The molecule has 3 aromatic rings. The van der Waals surface area contributed by atoms with Crippen molar-refractivity contribution in [1.82, 2.24) is 0 Å². The summed E-state index contributed by atoms with van der Waals surface area (Å²) in [6.07, 6.45) is 0.623. The first-order valence-electron chi connectivity index (χ1n) is 9.73. The maximum atomic E-state index is 12.3. The third-order valence-corrected chi connectivity index (χ3v) is 4.38. The van der Waals surface area contributed by atoms with E-state index in [0.717, 1.165) is 11.1 Å². The fourth-order valence-corrected chi connectivity index (χ4v) is 2.68. The molecule has 31 heavy (non-hydrogen) atoms. The van der Waals surface area contributed by atoms with Gasteiger partial charge in [0.25, 0.3) is 0 Å². The van der Waals surface area contributed by atoms with Crippen LogP contribution < -0.4 is 14.2 Å². The minimum atomic E-state index is -1.03. The molecule has 0 spiro atoms. The first-order valence-corrected chi connectivity index (χ1v) is 9.73. The smallest absolute Gasteiger partial charge is 0.343 e. The highest BCUT2D eigenvalue weighted by Crippen LogP contribution is 2.26. The molecular formula is C26H24O5. The molecule has 0 radical (unpaired) electrons. The topological polar surface area (TPSA) is 65.0 Å². The lowest BCUT2D eigenvalue weighted by molar-refractivity contribution is 0.0151. The van der Waals surface area contributed by atoms with Crippen molar-refractivity contribution in [1.29, 1.82) is 0 Å². The minimum absolute atomic E-state index is 0.405. The van der Waals surface area contributed by atoms with E-state index in [1.54, 1.807) is 61.5 Å². The number of hydrogen-bond acceptors (Lipinski definition) is 5. The van der Waals surface area contributed by atoms with Gasteiger partial charge >= 0.3 is 5.97 Å². The number of benzene rings is 3. The molecule has 0 fully saturated rings. The number of carbonyl (C=O) groups is 1. The number of ether oxygens (including phenoxy) is 3. The highest BCUT2D eigenvalue weighted by atomic mass is 16.6. The van der Waals surface area contributed by atoms with Crippen LogP contribution in [0.5, 0.6) is 17.2 Å². The van der Waals surface area contributed by atoms with E-state index < -0.39 is 12.3 Å². The van der Waals surface area contributed by atoms with Crippen molar-refractivity contribution in [3.63, 3.8) is 0 Å². The zero-order chi connectivity index (χ0) is 22.2. The lowest BCUT2D eigenvalue weighted by atomic mass is 10.1. The van der Waals surface area contributed by atoms with E-state index in [1.807, 2.05) is 24.3 Å². The minimum Gasteiger partial charge on any atom is -0.490 e. The van der Waals surface area contributed by atoms with E-state index >= 15 is 0 Å². The molecule has 0 aliphatic carbocycles. The fraction of sp³-hybridized carbons (Fsp3) is 0.115. The predicted octanol–water partition coefficient (Wildman–Crippen LogP) is 5.41. The van der Waals surface area contributed by atoms with Crippen LogP contribution in [0.25, 0.3) is 11.1 Å². The molecule has 5 heteroatoms. The van der Waals surface area contributed by atoms with Crippen LogP contribution in [0, 0.1) is 0 Å². The Kier molecular flexibility index (Phi) is 7.25. The SMILES string of the molecule is C=CCOc1ccc(C(=O)Oc2ccc(-c3ccc(OC(O)C(=C)C)cc3)cc2)cc1. The van der Waals surface area contributed by atoms with Gasteiger partial charge in [0, 0.05) is 0 Å². The van der Waals surface area contributed by atoms with Crippen LogP contribution in [-0.4, -0.2) is 24.0 Å². The van der Waals surface area contributed by atoms with Gasteiger partial charge in [0.1, 0.15) is 23.9 Å². The van der Waals surface area contributed by atoms with Crippen molar-refractivity contribution in [3.8, 4) is 28.4 Å². The van der Waals surface area contributed by atoms with Crippen molar-refractivity contribution >= 4 is 5.97 Å². The first kappa shape index (κ1) is 21.9. The van der Waals surface area contributed by atoms with Crippen LogP contribution in [0.15, 0.2) is 97.6 Å². The molecule has 158 valence electrons. The molecule has 1 atom stereocenters. The van der Waals surface area contributed by atoms with Crippen LogP contribution >= 0.6 is 0 Å². The van der Waals surface area contributed by atoms with Crippen molar-refractivity contribution in [2.45, 2.75) is 13.2 Å². The first-order chi connectivity index (χ1) is 15.0. The Morgan fingerprint density at radius 1 is 0.903 bits per heavy atom. The summed E-state index contributed by atoms with van der Waals surface area (Å²) in [7, 11) is 0. The Morgan fingerprint density at radius 2 is 1.42 bits per heavy atom. The summed E-state index contributed by atoms with van der Waals surface area (Å²) >= 11 is 0. The molecule has 0 aromatic heterocycles. The van der Waals surface area contributed by atoms with Gasteiger partial charge in [-0.2, -0.15) is 0 Å². The van der Waals surface area contributed by atoms with Crippen LogP contribution in [0.2, 0.25) is 0 Å². The van der Waals surface area contributed by atoms with Crippen molar-refractivity contribution in [2.24, 2.45) is 0 Å². The Bertz CT molecular complexity index is 1030. The standard InChI is InChI=1S/C26H24O5/c1-4-17-29-22-11-9-21(10-12-22)26(28)31-24-15-7-20(8-16-24)19-5-13-23(14-6-19)30-25(27)18(2)3/h4-16,25,27H,1-2,17H2,3H3. The van der Waals surface area contributed by atoms with Crippen molar-refractivity contribution < 1.29 is 24.1 Å². The lowest BCUT2D eigenvalue weighted by Gasteiger charge is -2.13. The second-order valence-electron chi connectivity index (χ2n) is 6.88. The van der Waals surface area contributed by atoms with Crippen molar-refractivity contribution in [3.05, 3.63) is 103 Å². The maximum absolute atomic E-state index is 12.3. The monoisotopic (exact) mass is 416 g/mol. The Labute approximate surface area is 181 Å². The van der Waals surface area contributed by atoms with E-state index in [-0.39, 0.29) is 0 Å². The molecule has 0 saturated carbocycles. The molecule has 0 heterocycles. The van der Waals surface area contributed by atoms with Crippen LogP contribution in [0.4, 0.5) is 0 Å². The third kappa shape index (κ3) is 6.07. The van der Waals surface area contributed by atoms with Crippen LogP contribution in [0.3, 0.4) is 0 Å². The number of esters is 1. The van der Waals surface area contributed by atoms with Gasteiger partial charge in [0.2, 0.25) is 6.29 Å². The summed E-state index contributed by atoms with van der Waals surface area (Å²) in [6, 6.07) is 21.3. The second kappa shape index (κ2) is 10.3. The van der Waals surface area contributed by atoms with E-state index in [4.69, 9.17) is 14.2 Å². The zero-order valence-electron chi connectivity index (χ0n) is 17.3. The molecule has 0 bridgehead atoms. The van der Waals surface area contributed by atoms with Gasteiger partial charge in [-0.15, -0.1) is 0 Å². The second-order valence-corrected chi connectivity index (χ2v) is 6.88. The molecule has 1 N–H and O–H groups in total. The van der Waals surface area contributed by atoms with Gasteiger partial charge in [-0.3, -0.25) is 0 Å². The molecule has 3 rings (SSSR count). The van der Waals surface area contributed by atoms with Crippen LogP contribution in [-0.2, 0) is 0 Å². The summed E-state index contributed by atoms with van der Waals surface area (Å²) < 4.78 is 16.2. The average molecular weight is 416 g/mol. The molecule has 1 unspecified atom stereocenters. The number of carbonyl (C=O) groups excluding carboxylic acids is 1. The summed E-state index contributed by atoms with van der Waals surface area (Å²) in [4.78, 5) is 12.3. The molecular weight excluding hydrogens is 392 g/mol. The van der Waals surface area contributed by atoms with Gasteiger partial charge in [0.05, 0.1) is 5.56 Å². The number of aliphatic hydroxyl groups is 1. The Hall–Kier alpha value is -3.83. The maximum Gasteiger partial charge on any atom is 0.343 e. The van der Waals surface area contributed by atoms with Gasteiger partial charge in [-0.1, -0.05) is 43.5 Å². The van der Waals surface area contributed by atoms with Gasteiger partial charge in [-0.25, -0.2) is 4.79 Å². The summed E-state index contributed by atoms with van der Waals surface area (Å²) in [6.45, 7) is 9.36. The molecule has 0 aliphatic heterocycles. The van der Waals surface area contributed by atoms with Crippen LogP contribution in [0.1, 0.15) is 17.3 Å². The van der Waals surface area contributed by atoms with E-state index in [9.17, 15) is 9.90 Å². The molecule has 3 aromatic carbocycles. The number of rotatable bonds is 9. The van der Waals surface area contributed by atoms with E-state index in [2.05, 4.69) is 13.2 Å². The summed E-state index contributed by atoms with van der Waals surface area (Å²) in [5, 5.41) is 9.73. The Morgan fingerprint density at radius 3 is 1.94 bits per heavy atom. The zero-order valence-corrected chi connectivity index (χ0v) is 17.3. The third-order valence-electron chi connectivity index (χ3n) is 4.38. The average Bonchev–Trinajstić information content (AvgIpc) is 2.79. The molecule has 0 saturated heterocycles. The number of hydrogen-bond donors (Lipinski definition) is 1. The lowest BCUT2D eigenvalue weighted by Crippen LogP contribution is -2.15. The van der Waals surface area contributed by atoms with E-state index in [1.165, 1.54) is 0 Å². The Balaban J connectivity index is 1.61. The van der Waals surface area contributed by atoms with Gasteiger partial charge < -0.3 is 19.3 Å². The van der Waals surface area contributed by atoms with Gasteiger partial charge in [0.15, 0.2) is 0 Å². The highest BCUT2D eigenvalue weighted by molar-refractivity contribution is 5.91.